The lowest BCUT2D eigenvalue weighted by atomic mass is 10.2. The number of rotatable bonds is 1. The Balaban J connectivity index is 2.40. The van der Waals surface area contributed by atoms with E-state index in [9.17, 15) is 0 Å². The zero-order valence-electron chi connectivity index (χ0n) is 9.46. The number of hydrogen-bond donors (Lipinski definition) is 2. The van der Waals surface area contributed by atoms with E-state index in [0.717, 1.165) is 18.8 Å². The number of anilines is 3. The molecule has 0 bridgehead atoms. The fraction of sp³-hybridized carbons (Fsp3) is 0.500. The lowest BCUT2D eigenvalue weighted by Crippen LogP contribution is -2.31. The molecule has 1 aromatic rings. The van der Waals surface area contributed by atoms with Gasteiger partial charge in [0.2, 0.25) is 0 Å². The van der Waals surface area contributed by atoms with Crippen LogP contribution in [0.1, 0.15) is 20.3 Å². The molecule has 15 heavy (non-hydrogen) atoms. The van der Waals surface area contributed by atoms with Gasteiger partial charge < -0.3 is 16.0 Å². The lowest BCUT2D eigenvalue weighted by molar-refractivity contribution is 0.672. The maximum atomic E-state index is 5.80. The van der Waals surface area contributed by atoms with Crippen LogP contribution in [0.5, 0.6) is 0 Å². The number of nitrogens with zero attached hydrogens (tertiary/aromatic N) is 1. The highest BCUT2D eigenvalue weighted by Crippen LogP contribution is 2.31. The molecule has 0 fully saturated rings. The highest BCUT2D eigenvalue weighted by molar-refractivity contribution is 5.75. The fourth-order valence-corrected chi connectivity index (χ4v) is 2.07. The summed E-state index contributed by atoms with van der Waals surface area (Å²) in [5, 5.41) is 3.43. The Morgan fingerprint density at radius 2 is 2.20 bits per heavy atom. The van der Waals surface area contributed by atoms with Gasteiger partial charge in [-0.1, -0.05) is 0 Å². The smallest absolute Gasteiger partial charge is 0.0605 e. The van der Waals surface area contributed by atoms with Gasteiger partial charge in [0, 0.05) is 24.8 Å². The second kappa shape index (κ2) is 4.01. The number of nitrogens with one attached hydrogen (secondary N) is 1. The van der Waals surface area contributed by atoms with Crippen molar-refractivity contribution in [2.24, 2.45) is 0 Å². The van der Waals surface area contributed by atoms with Crippen molar-refractivity contribution >= 4 is 17.1 Å². The van der Waals surface area contributed by atoms with E-state index < -0.39 is 0 Å². The van der Waals surface area contributed by atoms with Crippen molar-refractivity contribution in [1.82, 2.24) is 0 Å². The zero-order chi connectivity index (χ0) is 10.8. The molecule has 1 heterocycles. The summed E-state index contributed by atoms with van der Waals surface area (Å²) in [6.45, 7) is 6.60. The summed E-state index contributed by atoms with van der Waals surface area (Å²) in [6.07, 6.45) is 1.17. The molecule has 82 valence electrons. The van der Waals surface area contributed by atoms with E-state index in [1.165, 1.54) is 17.8 Å². The van der Waals surface area contributed by atoms with Crippen LogP contribution in [0.2, 0.25) is 0 Å². The molecule has 3 N–H and O–H groups in total. The van der Waals surface area contributed by atoms with Crippen LogP contribution in [-0.4, -0.2) is 19.1 Å². The van der Waals surface area contributed by atoms with Crippen LogP contribution in [0.15, 0.2) is 18.2 Å². The SMILES string of the molecule is CC(C)N1CCCNc2cc(N)ccc21. The monoisotopic (exact) mass is 205 g/mol. The molecule has 0 aromatic heterocycles. The number of nitrogens with two attached hydrogens (primary N) is 1. The van der Waals surface area contributed by atoms with E-state index >= 15 is 0 Å². The lowest BCUT2D eigenvalue weighted by Gasteiger charge is -2.28. The topological polar surface area (TPSA) is 41.3 Å². The predicted octanol–water partition coefficient (Wildman–Crippen LogP) is 2.30. The van der Waals surface area contributed by atoms with Crippen LogP contribution in [0, 0.1) is 0 Å². The first-order chi connectivity index (χ1) is 7.18. The first-order valence-electron chi connectivity index (χ1n) is 5.58. The van der Waals surface area contributed by atoms with Gasteiger partial charge in [0.25, 0.3) is 0 Å². The van der Waals surface area contributed by atoms with E-state index in [2.05, 4.69) is 30.1 Å². The minimum absolute atomic E-state index is 0.535. The Hall–Kier alpha value is -1.38. The summed E-state index contributed by atoms with van der Waals surface area (Å²) in [6, 6.07) is 6.65. The fourth-order valence-electron chi connectivity index (χ4n) is 2.07. The van der Waals surface area contributed by atoms with Gasteiger partial charge in [-0.2, -0.15) is 0 Å². The van der Waals surface area contributed by atoms with Crippen LogP contribution < -0.4 is 16.0 Å². The average molecular weight is 205 g/mol. The molecule has 0 spiro atoms. The van der Waals surface area contributed by atoms with Crippen LogP contribution in [0.4, 0.5) is 17.1 Å². The molecule has 2 rings (SSSR count). The van der Waals surface area contributed by atoms with Crippen LogP contribution >= 0.6 is 0 Å². The normalized spacial score (nSPS) is 15.8. The largest absolute Gasteiger partial charge is 0.399 e. The molecule has 1 aromatic carbocycles. The molecular weight excluding hydrogens is 186 g/mol. The van der Waals surface area contributed by atoms with E-state index in [1.807, 2.05) is 12.1 Å². The molecule has 1 aliphatic heterocycles. The second-order valence-electron chi connectivity index (χ2n) is 4.34. The summed E-state index contributed by atoms with van der Waals surface area (Å²) in [4.78, 5) is 2.43. The molecule has 0 atom stereocenters. The average Bonchev–Trinajstić information content (AvgIpc) is 2.38. The molecular formula is C12H19N3. The maximum absolute atomic E-state index is 5.80. The Bertz CT molecular complexity index is 347. The molecule has 0 amide bonds. The van der Waals surface area contributed by atoms with Gasteiger partial charge in [-0.3, -0.25) is 0 Å². The van der Waals surface area contributed by atoms with Gasteiger partial charge in [0.1, 0.15) is 0 Å². The third-order valence-corrected chi connectivity index (χ3v) is 2.84. The van der Waals surface area contributed by atoms with Crippen molar-refractivity contribution in [1.29, 1.82) is 0 Å². The van der Waals surface area contributed by atoms with Gasteiger partial charge in [0.05, 0.1) is 11.4 Å². The van der Waals surface area contributed by atoms with E-state index in [0.29, 0.717) is 6.04 Å². The number of fused-ring (bicyclic) bond motifs is 1. The van der Waals surface area contributed by atoms with Crippen molar-refractivity contribution < 1.29 is 0 Å². The Labute approximate surface area is 91.3 Å². The molecule has 0 unspecified atom stereocenters. The Morgan fingerprint density at radius 1 is 1.40 bits per heavy atom. The Morgan fingerprint density at radius 3 is 2.93 bits per heavy atom. The molecule has 0 saturated carbocycles. The zero-order valence-corrected chi connectivity index (χ0v) is 9.46. The van der Waals surface area contributed by atoms with Crippen molar-refractivity contribution in [3.8, 4) is 0 Å². The van der Waals surface area contributed by atoms with Crippen molar-refractivity contribution in [2.45, 2.75) is 26.3 Å². The standard InChI is InChI=1S/C12H19N3/c1-9(2)15-7-3-6-14-11-8-10(13)4-5-12(11)15/h4-5,8-9,14H,3,6-7,13H2,1-2H3. The third-order valence-electron chi connectivity index (χ3n) is 2.84. The maximum Gasteiger partial charge on any atom is 0.0605 e. The molecule has 3 heteroatoms. The van der Waals surface area contributed by atoms with Gasteiger partial charge in [-0.05, 0) is 38.5 Å². The quantitative estimate of drug-likeness (QED) is 0.691. The van der Waals surface area contributed by atoms with Crippen molar-refractivity contribution in [2.75, 3.05) is 29.0 Å². The first kappa shape index (κ1) is 10.1. The molecule has 0 radical (unpaired) electrons. The first-order valence-corrected chi connectivity index (χ1v) is 5.58. The summed E-state index contributed by atoms with van der Waals surface area (Å²) in [7, 11) is 0. The van der Waals surface area contributed by atoms with E-state index in [1.54, 1.807) is 0 Å². The summed E-state index contributed by atoms with van der Waals surface area (Å²) < 4.78 is 0. The van der Waals surface area contributed by atoms with E-state index in [4.69, 9.17) is 5.73 Å². The minimum atomic E-state index is 0.535. The van der Waals surface area contributed by atoms with Crippen LogP contribution in [0.3, 0.4) is 0 Å². The highest BCUT2D eigenvalue weighted by atomic mass is 15.2. The van der Waals surface area contributed by atoms with Gasteiger partial charge in [0.15, 0.2) is 0 Å². The van der Waals surface area contributed by atoms with Gasteiger partial charge in [-0.15, -0.1) is 0 Å². The molecule has 0 aliphatic carbocycles. The number of nitrogen functional groups attached to an aromatic ring is 1. The van der Waals surface area contributed by atoms with Gasteiger partial charge >= 0.3 is 0 Å². The molecule has 1 aliphatic rings. The third kappa shape index (κ3) is 2.01. The predicted molar refractivity (Wildman–Crippen MR) is 66.4 cm³/mol. The summed E-state index contributed by atoms with van der Waals surface area (Å²) in [5.74, 6) is 0. The number of benzene rings is 1. The number of hydrogen-bond acceptors (Lipinski definition) is 3. The van der Waals surface area contributed by atoms with Crippen LogP contribution in [0.25, 0.3) is 0 Å². The summed E-state index contributed by atoms with van der Waals surface area (Å²) in [5.41, 5.74) is 9.06. The van der Waals surface area contributed by atoms with Gasteiger partial charge in [-0.25, -0.2) is 0 Å². The van der Waals surface area contributed by atoms with Crippen molar-refractivity contribution in [3.63, 3.8) is 0 Å². The van der Waals surface area contributed by atoms with Crippen LogP contribution in [-0.2, 0) is 0 Å². The minimum Gasteiger partial charge on any atom is -0.399 e. The Kier molecular flexibility index (Phi) is 2.71. The molecule has 0 saturated heterocycles. The highest BCUT2D eigenvalue weighted by Gasteiger charge is 2.16. The van der Waals surface area contributed by atoms with E-state index in [-0.39, 0.29) is 0 Å². The summed E-state index contributed by atoms with van der Waals surface area (Å²) >= 11 is 0. The second-order valence-corrected chi connectivity index (χ2v) is 4.34. The van der Waals surface area contributed by atoms with Crippen molar-refractivity contribution in [3.05, 3.63) is 18.2 Å². The molecule has 3 nitrogen and oxygen atoms in total.